The van der Waals surface area contributed by atoms with Crippen molar-refractivity contribution in [3.8, 4) is 0 Å². The third kappa shape index (κ3) is 4.25. The summed E-state index contributed by atoms with van der Waals surface area (Å²) in [5.41, 5.74) is 0.813. The number of allylic oxidation sites excluding steroid dienone is 2. The van der Waals surface area contributed by atoms with Crippen LogP contribution < -0.4 is 0 Å². The first kappa shape index (κ1) is 13.9. The Kier molecular flexibility index (Phi) is 4.81. The van der Waals surface area contributed by atoms with Crippen LogP contribution >= 0.6 is 23.5 Å². The number of rotatable bonds is 4. The highest BCUT2D eigenvalue weighted by Crippen LogP contribution is 2.35. The van der Waals surface area contributed by atoms with E-state index in [1.54, 1.807) is 47.8 Å². The normalized spacial score (nSPS) is 14.8. The molecule has 0 atom stereocenters. The monoisotopic (exact) mass is 293 g/mol. The number of nitrogens with zero attached hydrogens (tertiary/aromatic N) is 1. The molecule has 4 nitrogen and oxygen atoms in total. The molecule has 1 fully saturated rings. The van der Waals surface area contributed by atoms with Crippen molar-refractivity contribution in [3.63, 3.8) is 0 Å². The maximum absolute atomic E-state index is 11.6. The van der Waals surface area contributed by atoms with Gasteiger partial charge in [0.15, 0.2) is 5.78 Å². The second-order valence-electron chi connectivity index (χ2n) is 3.74. The summed E-state index contributed by atoms with van der Waals surface area (Å²) in [5, 5.41) is 10.5. The molecular weight excluding hydrogens is 282 g/mol. The van der Waals surface area contributed by atoms with E-state index in [4.69, 9.17) is 0 Å². The molecule has 2 rings (SSSR count). The molecule has 0 aliphatic carbocycles. The lowest BCUT2D eigenvalue weighted by molar-refractivity contribution is -0.384. The van der Waals surface area contributed by atoms with Crippen LogP contribution in [-0.2, 0) is 4.79 Å². The van der Waals surface area contributed by atoms with Crippen molar-refractivity contribution in [2.75, 3.05) is 11.5 Å². The molecule has 1 saturated heterocycles. The lowest BCUT2D eigenvalue weighted by atomic mass is 10.2. The van der Waals surface area contributed by atoms with E-state index in [9.17, 15) is 14.9 Å². The minimum absolute atomic E-state index is 0.0457. The minimum Gasteiger partial charge on any atom is -0.290 e. The molecule has 6 heteroatoms. The second-order valence-corrected chi connectivity index (χ2v) is 6.28. The van der Waals surface area contributed by atoms with E-state index >= 15 is 0 Å². The first-order chi connectivity index (χ1) is 9.15. The fourth-order valence-corrected chi connectivity index (χ4v) is 3.76. The van der Waals surface area contributed by atoms with Crippen molar-refractivity contribution < 1.29 is 9.72 Å². The van der Waals surface area contributed by atoms with E-state index in [2.05, 4.69) is 0 Å². The largest absolute Gasteiger partial charge is 0.290 e. The van der Waals surface area contributed by atoms with Crippen molar-refractivity contribution in [1.82, 2.24) is 0 Å². The van der Waals surface area contributed by atoms with Crippen LogP contribution in [0, 0.1) is 10.1 Å². The molecule has 0 bridgehead atoms. The van der Waals surface area contributed by atoms with E-state index in [-0.39, 0.29) is 11.5 Å². The van der Waals surface area contributed by atoms with Gasteiger partial charge in [0.05, 0.1) is 4.92 Å². The number of carbonyl (C=O) groups excluding carboxylic acids is 1. The van der Waals surface area contributed by atoms with Gasteiger partial charge in [-0.05, 0) is 23.8 Å². The van der Waals surface area contributed by atoms with E-state index in [0.29, 0.717) is 0 Å². The van der Waals surface area contributed by atoms with Crippen molar-refractivity contribution >= 4 is 41.1 Å². The Labute approximate surface area is 119 Å². The number of non-ortho nitro benzene ring substituents is 1. The molecule has 0 N–H and O–H groups in total. The number of hydrogen-bond acceptors (Lipinski definition) is 5. The standard InChI is InChI=1S/C13H11NO3S2/c15-12(9-13-18-7-8-19-13)6-3-10-1-4-11(5-2-10)14(16)17/h1-6,9H,7-8H2/b6-3+. The molecule has 0 spiro atoms. The molecular formula is C13H11NO3S2. The maximum Gasteiger partial charge on any atom is 0.269 e. The predicted molar refractivity (Wildman–Crippen MR) is 80.1 cm³/mol. The summed E-state index contributed by atoms with van der Waals surface area (Å²) in [6.45, 7) is 0. The quantitative estimate of drug-likeness (QED) is 0.483. The Hall–Kier alpha value is -1.53. The van der Waals surface area contributed by atoms with Gasteiger partial charge in [-0.3, -0.25) is 14.9 Å². The number of benzene rings is 1. The van der Waals surface area contributed by atoms with Gasteiger partial charge in [0, 0.05) is 34.0 Å². The van der Waals surface area contributed by atoms with Crippen LogP contribution in [-0.4, -0.2) is 22.2 Å². The molecule has 0 saturated carbocycles. The Morgan fingerprint density at radius 1 is 1.21 bits per heavy atom. The van der Waals surface area contributed by atoms with Crippen LogP contribution in [0.4, 0.5) is 5.69 Å². The molecule has 0 amide bonds. The van der Waals surface area contributed by atoms with Crippen molar-refractivity contribution in [2.45, 2.75) is 0 Å². The summed E-state index contributed by atoms with van der Waals surface area (Å²) in [4.78, 5) is 21.7. The van der Waals surface area contributed by atoms with Gasteiger partial charge in [-0.25, -0.2) is 0 Å². The molecule has 19 heavy (non-hydrogen) atoms. The van der Waals surface area contributed by atoms with Crippen molar-refractivity contribution in [1.29, 1.82) is 0 Å². The molecule has 1 aromatic carbocycles. The van der Waals surface area contributed by atoms with Gasteiger partial charge in [0.1, 0.15) is 0 Å². The highest BCUT2D eigenvalue weighted by molar-refractivity contribution is 8.25. The summed E-state index contributed by atoms with van der Waals surface area (Å²) in [7, 11) is 0. The van der Waals surface area contributed by atoms with Gasteiger partial charge < -0.3 is 0 Å². The third-order valence-corrected chi connectivity index (χ3v) is 4.96. The fraction of sp³-hybridized carbons (Fsp3) is 0.154. The summed E-state index contributed by atoms with van der Waals surface area (Å²) >= 11 is 3.38. The van der Waals surface area contributed by atoms with Gasteiger partial charge >= 0.3 is 0 Å². The number of nitro groups is 1. The van der Waals surface area contributed by atoms with E-state index in [1.807, 2.05) is 0 Å². The van der Waals surface area contributed by atoms with E-state index in [1.165, 1.54) is 18.2 Å². The Bertz CT molecular complexity index is 542. The predicted octanol–water partition coefficient (Wildman–Crippen LogP) is 3.50. The Morgan fingerprint density at radius 2 is 1.84 bits per heavy atom. The van der Waals surface area contributed by atoms with Gasteiger partial charge in [-0.1, -0.05) is 6.08 Å². The van der Waals surface area contributed by atoms with E-state index in [0.717, 1.165) is 21.3 Å². The van der Waals surface area contributed by atoms with Crippen LogP contribution in [0.2, 0.25) is 0 Å². The molecule has 0 aromatic heterocycles. The van der Waals surface area contributed by atoms with Crippen LogP contribution in [0.15, 0.2) is 40.7 Å². The Morgan fingerprint density at radius 3 is 2.42 bits per heavy atom. The maximum atomic E-state index is 11.6. The molecule has 1 aliphatic rings. The average molecular weight is 293 g/mol. The van der Waals surface area contributed by atoms with Crippen LogP contribution in [0.25, 0.3) is 6.08 Å². The number of nitro benzene ring substituents is 1. The number of ketones is 1. The van der Waals surface area contributed by atoms with Crippen LogP contribution in [0.1, 0.15) is 5.56 Å². The van der Waals surface area contributed by atoms with Crippen LogP contribution in [0.5, 0.6) is 0 Å². The second kappa shape index (κ2) is 6.58. The summed E-state index contributed by atoms with van der Waals surface area (Å²) < 4.78 is 1.05. The molecule has 0 unspecified atom stereocenters. The first-order valence-electron chi connectivity index (χ1n) is 5.59. The molecule has 98 valence electrons. The van der Waals surface area contributed by atoms with Gasteiger partial charge in [-0.15, -0.1) is 23.5 Å². The number of hydrogen-bond donors (Lipinski definition) is 0. The fourth-order valence-electron chi connectivity index (χ4n) is 1.46. The lowest BCUT2D eigenvalue weighted by Gasteiger charge is -1.93. The highest BCUT2D eigenvalue weighted by Gasteiger charge is 2.08. The van der Waals surface area contributed by atoms with Gasteiger partial charge in [0.2, 0.25) is 0 Å². The molecule has 1 aliphatic heterocycles. The zero-order valence-electron chi connectivity index (χ0n) is 9.94. The molecule has 1 heterocycles. The number of thioether (sulfide) groups is 2. The number of carbonyl (C=O) groups is 1. The van der Waals surface area contributed by atoms with Crippen molar-refractivity contribution in [2.24, 2.45) is 0 Å². The van der Waals surface area contributed by atoms with E-state index < -0.39 is 4.92 Å². The van der Waals surface area contributed by atoms with Crippen molar-refractivity contribution in [3.05, 3.63) is 56.3 Å². The lowest BCUT2D eigenvalue weighted by Crippen LogP contribution is -1.88. The first-order valence-corrected chi connectivity index (χ1v) is 7.56. The molecule has 0 radical (unpaired) electrons. The summed E-state index contributed by atoms with van der Waals surface area (Å²) in [6.07, 6.45) is 4.77. The third-order valence-electron chi connectivity index (χ3n) is 2.38. The highest BCUT2D eigenvalue weighted by atomic mass is 32.2. The summed E-state index contributed by atoms with van der Waals surface area (Å²) in [6, 6.07) is 6.08. The van der Waals surface area contributed by atoms with Gasteiger partial charge in [-0.2, -0.15) is 0 Å². The topological polar surface area (TPSA) is 60.2 Å². The Balaban J connectivity index is 1.99. The minimum atomic E-state index is -0.447. The zero-order chi connectivity index (χ0) is 13.7. The molecule has 1 aromatic rings. The smallest absolute Gasteiger partial charge is 0.269 e. The van der Waals surface area contributed by atoms with Gasteiger partial charge in [0.25, 0.3) is 5.69 Å². The zero-order valence-corrected chi connectivity index (χ0v) is 11.6. The summed E-state index contributed by atoms with van der Waals surface area (Å²) in [5.74, 6) is 2.04. The average Bonchev–Trinajstić information content (AvgIpc) is 2.89. The van der Waals surface area contributed by atoms with Crippen LogP contribution in [0.3, 0.4) is 0 Å². The SMILES string of the molecule is O=C(C=C1SCCS1)/C=C/c1ccc([N+](=O)[O-])cc1.